The summed E-state index contributed by atoms with van der Waals surface area (Å²) in [5.41, 5.74) is 0. The van der Waals surface area contributed by atoms with Crippen LogP contribution in [0.4, 0.5) is 0 Å². The Hall–Kier alpha value is -0.265. The molecular weight excluding hydrogens is 60.9 g/mol. The maximum absolute atomic E-state index is 2.84. The average Bonchev–Trinajstić information content (AvgIpc) is 1.41. The molecular formula is C3H8BN. The van der Waals surface area contributed by atoms with Crippen molar-refractivity contribution in [1.82, 2.24) is 5.23 Å². The van der Waals surface area contributed by atoms with Crippen LogP contribution in [0, 0.1) is 0 Å². The van der Waals surface area contributed by atoms with Crippen molar-refractivity contribution in [2.45, 2.75) is 6.92 Å². The zero-order chi connectivity index (χ0) is 4.12. The van der Waals surface area contributed by atoms with Crippen molar-refractivity contribution in [3.63, 3.8) is 0 Å². The van der Waals surface area contributed by atoms with Crippen molar-refractivity contribution in [3.05, 3.63) is 0 Å². The van der Waals surface area contributed by atoms with Crippen molar-refractivity contribution in [3.8, 4) is 0 Å². The third-order valence-electron chi connectivity index (χ3n) is 0.333. The number of hydrogen-bond acceptors (Lipinski definition) is 1. The molecule has 0 aliphatic rings. The third kappa shape index (κ3) is 3.73. The van der Waals surface area contributed by atoms with Gasteiger partial charge in [0.2, 0.25) is 0 Å². The van der Waals surface area contributed by atoms with E-state index in [9.17, 15) is 0 Å². The molecule has 0 bridgehead atoms. The Bertz CT molecular complexity index is 33.9. The second kappa shape index (κ2) is 3.73. The minimum atomic E-state index is 1.88. The zero-order valence-electron chi connectivity index (χ0n) is 3.65. The van der Waals surface area contributed by atoms with Crippen LogP contribution in [-0.2, 0) is 0 Å². The Labute approximate surface area is 33.3 Å². The van der Waals surface area contributed by atoms with Crippen LogP contribution in [0.3, 0.4) is 0 Å². The second-order valence-corrected chi connectivity index (χ2v) is 0.789. The van der Waals surface area contributed by atoms with Crippen LogP contribution < -0.4 is 5.23 Å². The van der Waals surface area contributed by atoms with E-state index in [1.54, 1.807) is 0 Å². The van der Waals surface area contributed by atoms with E-state index < -0.39 is 0 Å². The minimum absolute atomic E-state index is 1.88. The van der Waals surface area contributed by atoms with Gasteiger partial charge in [-0.05, 0) is 0 Å². The first kappa shape index (κ1) is 4.73. The molecule has 0 atom stereocenters. The van der Waals surface area contributed by atoms with E-state index in [4.69, 9.17) is 0 Å². The molecule has 1 N–H and O–H groups in total. The molecule has 0 unspecified atom stereocenters. The number of nitrogens with one attached hydrogen (secondary N) is 1. The van der Waals surface area contributed by atoms with Crippen molar-refractivity contribution in [1.29, 1.82) is 0 Å². The fourth-order valence-electron chi connectivity index (χ4n) is 0.167. The van der Waals surface area contributed by atoms with E-state index in [2.05, 4.69) is 5.23 Å². The fourth-order valence-corrected chi connectivity index (χ4v) is 0.167. The summed E-state index contributed by atoms with van der Waals surface area (Å²) in [6, 6.07) is 0. The van der Waals surface area contributed by atoms with Gasteiger partial charge in [-0.15, -0.1) is 0 Å². The molecule has 0 aliphatic carbocycles. The predicted molar refractivity (Wildman–Crippen MR) is 26.6 cm³/mol. The monoisotopic (exact) mass is 69.1 g/mol. The molecule has 28 valence electrons. The maximum atomic E-state index is 2.84. The van der Waals surface area contributed by atoms with Gasteiger partial charge < -0.3 is 0 Å². The first-order chi connectivity index (χ1) is 2.41. The molecule has 0 aromatic rings. The summed E-state index contributed by atoms with van der Waals surface area (Å²) in [6.45, 7) is 1.97. The first-order valence-electron chi connectivity index (χ1n) is 1.70. The van der Waals surface area contributed by atoms with E-state index >= 15 is 0 Å². The predicted octanol–water partition coefficient (Wildman–Crippen LogP) is -0.353. The van der Waals surface area contributed by atoms with E-state index in [0.29, 0.717) is 0 Å². The van der Waals surface area contributed by atoms with Gasteiger partial charge in [0.05, 0.1) is 0 Å². The molecule has 0 heterocycles. The van der Waals surface area contributed by atoms with Gasteiger partial charge in [0, 0.05) is 0 Å². The molecule has 0 spiro atoms. The Morgan fingerprint density at radius 3 is 2.40 bits per heavy atom. The summed E-state index contributed by atoms with van der Waals surface area (Å²) in [7, 11) is 3.75. The van der Waals surface area contributed by atoms with Crippen LogP contribution in [0.2, 0.25) is 0 Å². The quantitative estimate of drug-likeness (QED) is 0.415. The Balaban J connectivity index is 2.62. The molecule has 0 rings (SSSR count). The molecule has 0 radical (unpaired) electrons. The van der Waals surface area contributed by atoms with Crippen LogP contribution in [-0.4, -0.2) is 20.1 Å². The molecule has 0 aromatic carbocycles. The van der Waals surface area contributed by atoms with Gasteiger partial charge in [0.1, 0.15) is 0 Å². The molecule has 0 aromatic heterocycles. The first-order valence-corrected chi connectivity index (χ1v) is 1.70. The van der Waals surface area contributed by atoms with Crippen LogP contribution in [0.5, 0.6) is 0 Å². The number of rotatable bonds is 1. The summed E-state index contributed by atoms with van der Waals surface area (Å²) >= 11 is 0. The van der Waals surface area contributed by atoms with Crippen LogP contribution in [0.15, 0.2) is 0 Å². The summed E-state index contributed by atoms with van der Waals surface area (Å²) < 4.78 is 0. The molecule has 2 heteroatoms. The molecule has 0 amide bonds. The fraction of sp³-hybridized carbons (Fsp3) is 0.667. The molecule has 0 aliphatic heterocycles. The standard InChI is InChI=1S/C3H8BN/c1-3-4-5-2/h3,5H,1-2H3. The Morgan fingerprint density at radius 1 is 1.80 bits per heavy atom. The molecule has 0 saturated heterocycles. The molecule has 0 saturated carbocycles. The summed E-state index contributed by atoms with van der Waals surface area (Å²) in [6.07, 6.45) is 0. The van der Waals surface area contributed by atoms with E-state index in [-0.39, 0.29) is 0 Å². The Kier molecular flexibility index (Phi) is 3.54. The SMILES string of the molecule is CC=BNC. The van der Waals surface area contributed by atoms with Gasteiger partial charge in [-0.3, -0.25) is 0 Å². The van der Waals surface area contributed by atoms with Gasteiger partial charge in [-0.1, -0.05) is 0 Å². The van der Waals surface area contributed by atoms with Gasteiger partial charge >= 0.3 is 32.2 Å². The van der Waals surface area contributed by atoms with Crippen LogP contribution in [0.1, 0.15) is 6.92 Å². The van der Waals surface area contributed by atoms with Gasteiger partial charge in [-0.2, -0.15) is 0 Å². The molecule has 0 fully saturated rings. The van der Waals surface area contributed by atoms with Crippen molar-refractivity contribution in [2.24, 2.45) is 0 Å². The molecule has 1 nitrogen and oxygen atoms in total. The summed E-state index contributed by atoms with van der Waals surface area (Å²) in [5.74, 6) is 1.94. The van der Waals surface area contributed by atoms with Crippen molar-refractivity contribution < 1.29 is 0 Å². The van der Waals surface area contributed by atoms with Crippen molar-refractivity contribution >= 4 is 13.0 Å². The number of hydrogen-bond donors (Lipinski definition) is 1. The third-order valence-corrected chi connectivity index (χ3v) is 0.333. The normalized spacial score (nSPS) is 7.60. The summed E-state index contributed by atoms with van der Waals surface area (Å²) in [5, 5.41) is 2.84. The second-order valence-electron chi connectivity index (χ2n) is 0.789. The van der Waals surface area contributed by atoms with E-state index in [1.807, 2.05) is 27.0 Å². The van der Waals surface area contributed by atoms with Crippen LogP contribution >= 0.6 is 0 Å². The van der Waals surface area contributed by atoms with E-state index in [1.165, 1.54) is 0 Å². The topological polar surface area (TPSA) is 12.0 Å². The van der Waals surface area contributed by atoms with Gasteiger partial charge in [-0.25, -0.2) is 0 Å². The van der Waals surface area contributed by atoms with Crippen molar-refractivity contribution in [2.75, 3.05) is 7.05 Å². The summed E-state index contributed by atoms with van der Waals surface area (Å²) in [4.78, 5) is 0. The van der Waals surface area contributed by atoms with Gasteiger partial charge in [0.15, 0.2) is 0 Å². The van der Waals surface area contributed by atoms with Crippen LogP contribution in [0.25, 0.3) is 0 Å². The zero-order valence-corrected chi connectivity index (χ0v) is 3.65. The Morgan fingerprint density at radius 2 is 2.40 bits per heavy atom. The van der Waals surface area contributed by atoms with Gasteiger partial charge in [0.25, 0.3) is 0 Å². The van der Waals surface area contributed by atoms with E-state index in [0.717, 1.165) is 0 Å². The average molecular weight is 68.9 g/mol. The molecule has 5 heavy (non-hydrogen) atoms.